The third-order valence-corrected chi connectivity index (χ3v) is 4.28. The molecule has 2 heteroatoms. The Morgan fingerprint density at radius 2 is 2.07 bits per heavy atom. The van der Waals surface area contributed by atoms with Crippen LogP contribution in [0.3, 0.4) is 0 Å². The molecule has 0 aromatic carbocycles. The molecule has 1 N–H and O–H groups in total. The van der Waals surface area contributed by atoms with Gasteiger partial charge in [0.1, 0.15) is 0 Å². The van der Waals surface area contributed by atoms with Crippen molar-refractivity contribution in [3.8, 4) is 0 Å². The van der Waals surface area contributed by atoms with E-state index in [1.165, 1.54) is 44.2 Å². The topological polar surface area (TPSA) is 15.3 Å². The minimum absolute atomic E-state index is 0.712. The summed E-state index contributed by atoms with van der Waals surface area (Å²) in [5, 5.41) is 3.46. The van der Waals surface area contributed by atoms with Crippen LogP contribution in [0, 0.1) is 0 Å². The summed E-state index contributed by atoms with van der Waals surface area (Å²) >= 11 is 0. The molecule has 0 radical (unpaired) electrons. The minimum atomic E-state index is 0.712. The standard InChI is InChI=1S/C13H20N2/c1-14-13-9-5-3-7-11(9)15(2)12-8-4-6-10(12)13/h11,14H,3-8H2,1-2H3. The zero-order chi connectivity index (χ0) is 10.4. The highest BCUT2D eigenvalue weighted by Crippen LogP contribution is 2.44. The molecule has 15 heavy (non-hydrogen) atoms. The van der Waals surface area contributed by atoms with Gasteiger partial charge in [-0.25, -0.2) is 0 Å². The van der Waals surface area contributed by atoms with Crippen LogP contribution in [0.25, 0.3) is 0 Å². The summed E-state index contributed by atoms with van der Waals surface area (Å²) < 4.78 is 0. The van der Waals surface area contributed by atoms with Crippen molar-refractivity contribution in [1.29, 1.82) is 0 Å². The van der Waals surface area contributed by atoms with Crippen molar-refractivity contribution >= 4 is 0 Å². The van der Waals surface area contributed by atoms with E-state index in [4.69, 9.17) is 0 Å². The Kier molecular flexibility index (Phi) is 2.04. The average Bonchev–Trinajstić information content (AvgIpc) is 2.85. The van der Waals surface area contributed by atoms with Crippen LogP contribution in [0.4, 0.5) is 0 Å². The number of rotatable bonds is 1. The van der Waals surface area contributed by atoms with Crippen LogP contribution in [-0.2, 0) is 0 Å². The van der Waals surface area contributed by atoms with Crippen LogP contribution in [0.15, 0.2) is 22.5 Å². The van der Waals surface area contributed by atoms with Crippen LogP contribution >= 0.6 is 0 Å². The van der Waals surface area contributed by atoms with E-state index in [9.17, 15) is 0 Å². The third-order valence-electron chi connectivity index (χ3n) is 4.28. The largest absolute Gasteiger partial charge is 0.388 e. The molecule has 1 aliphatic heterocycles. The summed E-state index contributed by atoms with van der Waals surface area (Å²) in [5.74, 6) is 0. The third kappa shape index (κ3) is 1.17. The fourth-order valence-electron chi connectivity index (χ4n) is 3.63. The molecule has 0 amide bonds. The molecular weight excluding hydrogens is 184 g/mol. The molecule has 1 unspecified atom stereocenters. The Hall–Kier alpha value is -0.920. The Balaban J connectivity index is 2.10. The van der Waals surface area contributed by atoms with Gasteiger partial charge in [-0.1, -0.05) is 0 Å². The maximum atomic E-state index is 3.46. The molecule has 0 bridgehead atoms. The van der Waals surface area contributed by atoms with Gasteiger partial charge in [-0.05, 0) is 49.7 Å². The van der Waals surface area contributed by atoms with Crippen molar-refractivity contribution in [2.75, 3.05) is 14.1 Å². The lowest BCUT2D eigenvalue weighted by Crippen LogP contribution is -2.35. The van der Waals surface area contributed by atoms with Gasteiger partial charge in [-0.3, -0.25) is 0 Å². The molecule has 1 atom stereocenters. The number of allylic oxidation sites excluding steroid dienone is 2. The second kappa shape index (κ2) is 3.29. The van der Waals surface area contributed by atoms with Crippen molar-refractivity contribution in [3.63, 3.8) is 0 Å². The van der Waals surface area contributed by atoms with Gasteiger partial charge in [0.25, 0.3) is 0 Å². The lowest BCUT2D eigenvalue weighted by atomic mass is 9.96. The maximum absolute atomic E-state index is 3.46. The molecule has 1 fully saturated rings. The number of fused-ring (bicyclic) bond motifs is 1. The first-order valence-corrected chi connectivity index (χ1v) is 6.19. The molecule has 82 valence electrons. The summed E-state index contributed by atoms with van der Waals surface area (Å²) in [7, 11) is 4.38. The molecule has 1 heterocycles. The molecule has 2 nitrogen and oxygen atoms in total. The molecule has 3 aliphatic rings. The van der Waals surface area contributed by atoms with Crippen LogP contribution in [0.2, 0.25) is 0 Å². The van der Waals surface area contributed by atoms with E-state index in [1.807, 2.05) is 0 Å². The average molecular weight is 204 g/mol. The van der Waals surface area contributed by atoms with E-state index in [2.05, 4.69) is 24.3 Å². The Labute approximate surface area is 92.0 Å². The predicted octanol–water partition coefficient (Wildman–Crippen LogP) is 2.40. The molecule has 1 saturated carbocycles. The van der Waals surface area contributed by atoms with Gasteiger partial charge in [0.15, 0.2) is 0 Å². The molecule has 0 aromatic rings. The van der Waals surface area contributed by atoms with Gasteiger partial charge in [-0.15, -0.1) is 0 Å². The maximum Gasteiger partial charge on any atom is 0.0519 e. The highest BCUT2D eigenvalue weighted by atomic mass is 15.2. The molecule has 0 aromatic heterocycles. The molecule has 0 spiro atoms. The van der Waals surface area contributed by atoms with E-state index < -0.39 is 0 Å². The molecule has 2 aliphatic carbocycles. The minimum Gasteiger partial charge on any atom is -0.388 e. The predicted molar refractivity (Wildman–Crippen MR) is 62.4 cm³/mol. The van der Waals surface area contributed by atoms with Crippen LogP contribution in [0.5, 0.6) is 0 Å². The van der Waals surface area contributed by atoms with Crippen molar-refractivity contribution in [2.45, 2.75) is 44.6 Å². The Morgan fingerprint density at radius 3 is 2.87 bits per heavy atom. The Bertz CT molecular complexity index is 352. The summed E-state index contributed by atoms with van der Waals surface area (Å²) in [6, 6.07) is 0.712. The van der Waals surface area contributed by atoms with Crippen molar-refractivity contribution < 1.29 is 0 Å². The van der Waals surface area contributed by atoms with Crippen molar-refractivity contribution in [2.24, 2.45) is 0 Å². The Morgan fingerprint density at radius 1 is 1.20 bits per heavy atom. The van der Waals surface area contributed by atoms with Gasteiger partial charge < -0.3 is 10.2 Å². The summed E-state index contributed by atoms with van der Waals surface area (Å²) in [4.78, 5) is 2.56. The first-order valence-electron chi connectivity index (χ1n) is 6.19. The lowest BCUT2D eigenvalue weighted by molar-refractivity contribution is 0.326. The smallest absolute Gasteiger partial charge is 0.0519 e. The first kappa shape index (κ1) is 9.32. The highest BCUT2D eigenvalue weighted by molar-refractivity contribution is 5.46. The van der Waals surface area contributed by atoms with Gasteiger partial charge >= 0.3 is 0 Å². The number of nitrogens with one attached hydrogen (secondary N) is 1. The zero-order valence-electron chi connectivity index (χ0n) is 9.77. The quantitative estimate of drug-likeness (QED) is 0.705. The van der Waals surface area contributed by atoms with E-state index >= 15 is 0 Å². The monoisotopic (exact) mass is 204 g/mol. The fourth-order valence-corrected chi connectivity index (χ4v) is 3.63. The number of hydrogen-bond acceptors (Lipinski definition) is 2. The summed E-state index contributed by atoms with van der Waals surface area (Å²) in [5.41, 5.74) is 6.42. The first-order chi connectivity index (χ1) is 7.33. The van der Waals surface area contributed by atoms with E-state index in [1.54, 1.807) is 16.8 Å². The summed E-state index contributed by atoms with van der Waals surface area (Å²) in [6.07, 6.45) is 7.96. The van der Waals surface area contributed by atoms with Crippen molar-refractivity contribution in [3.05, 3.63) is 22.5 Å². The molecule has 3 rings (SSSR count). The second-order valence-corrected chi connectivity index (χ2v) is 4.95. The fraction of sp³-hybridized carbons (Fsp3) is 0.692. The highest BCUT2D eigenvalue weighted by Gasteiger charge is 2.36. The van der Waals surface area contributed by atoms with Gasteiger partial charge in [-0.2, -0.15) is 0 Å². The van der Waals surface area contributed by atoms with Gasteiger partial charge in [0.05, 0.1) is 6.04 Å². The van der Waals surface area contributed by atoms with E-state index in [0.717, 1.165) is 0 Å². The van der Waals surface area contributed by atoms with Gasteiger partial charge in [0.2, 0.25) is 0 Å². The van der Waals surface area contributed by atoms with E-state index in [-0.39, 0.29) is 0 Å². The summed E-state index contributed by atoms with van der Waals surface area (Å²) in [6.45, 7) is 0. The number of nitrogens with zero attached hydrogens (tertiary/aromatic N) is 1. The van der Waals surface area contributed by atoms with E-state index in [0.29, 0.717) is 6.04 Å². The normalized spacial score (nSPS) is 29.7. The van der Waals surface area contributed by atoms with Crippen LogP contribution in [-0.4, -0.2) is 25.0 Å². The second-order valence-electron chi connectivity index (χ2n) is 4.95. The van der Waals surface area contributed by atoms with Gasteiger partial charge in [0, 0.05) is 25.5 Å². The van der Waals surface area contributed by atoms with Crippen molar-refractivity contribution in [1.82, 2.24) is 10.2 Å². The van der Waals surface area contributed by atoms with Crippen LogP contribution in [0.1, 0.15) is 38.5 Å². The lowest BCUT2D eigenvalue weighted by Gasteiger charge is -2.36. The molecular formula is C13H20N2. The number of likely N-dealkylation sites (N-methyl/N-ethyl adjacent to an activating group) is 2. The molecule has 0 saturated heterocycles. The number of hydrogen-bond donors (Lipinski definition) is 1. The van der Waals surface area contributed by atoms with Crippen LogP contribution < -0.4 is 5.32 Å². The zero-order valence-corrected chi connectivity index (χ0v) is 9.77. The SMILES string of the molecule is CNC1=C2CCCC2N(C)C2=C1CCC2.